The minimum Gasteiger partial charge on any atom is -0.390 e. The van der Waals surface area contributed by atoms with Gasteiger partial charge in [-0.3, -0.25) is 14.8 Å². The van der Waals surface area contributed by atoms with E-state index in [2.05, 4.69) is 31.2 Å². The van der Waals surface area contributed by atoms with Crippen molar-refractivity contribution in [1.29, 1.82) is 0 Å². The Bertz CT molecular complexity index is 434. The lowest BCUT2D eigenvalue weighted by Gasteiger charge is -2.17. The van der Waals surface area contributed by atoms with Crippen molar-refractivity contribution in [2.24, 2.45) is 5.92 Å². The molecule has 120 valence electrons. The Hall–Kier alpha value is -1.47. The zero-order valence-electron chi connectivity index (χ0n) is 13.0. The molecule has 21 heavy (non-hydrogen) atoms. The van der Waals surface area contributed by atoms with Gasteiger partial charge in [-0.15, -0.1) is 0 Å². The maximum Gasteiger partial charge on any atom is 0.306 e. The SMILES string of the molecule is CC(C)CCCC(C)NCC(O)Cn1cc([N+](=O)[O-])cn1. The summed E-state index contributed by atoms with van der Waals surface area (Å²) in [6.07, 6.45) is 5.37. The minimum atomic E-state index is -0.614. The molecule has 0 aliphatic carbocycles. The van der Waals surface area contributed by atoms with Crippen LogP contribution in [0.25, 0.3) is 0 Å². The van der Waals surface area contributed by atoms with Crippen LogP contribution in [-0.2, 0) is 6.54 Å². The normalized spacial score (nSPS) is 14.3. The molecule has 1 aromatic rings. The van der Waals surface area contributed by atoms with E-state index in [9.17, 15) is 15.2 Å². The maximum atomic E-state index is 10.5. The first-order valence-electron chi connectivity index (χ1n) is 7.46. The van der Waals surface area contributed by atoms with E-state index in [0.29, 0.717) is 12.6 Å². The topological polar surface area (TPSA) is 93.2 Å². The van der Waals surface area contributed by atoms with Gasteiger partial charge in [-0.05, 0) is 19.3 Å². The predicted octanol–water partition coefficient (Wildman–Crippen LogP) is 1.96. The van der Waals surface area contributed by atoms with Crippen LogP contribution in [0.4, 0.5) is 5.69 Å². The predicted molar refractivity (Wildman–Crippen MR) is 81.0 cm³/mol. The quantitative estimate of drug-likeness (QED) is 0.509. The smallest absolute Gasteiger partial charge is 0.306 e. The average Bonchev–Trinajstić information content (AvgIpc) is 2.84. The molecule has 0 aliphatic rings. The zero-order chi connectivity index (χ0) is 15.8. The molecule has 0 spiro atoms. The lowest BCUT2D eigenvalue weighted by Crippen LogP contribution is -2.35. The van der Waals surface area contributed by atoms with Gasteiger partial charge in [0.25, 0.3) is 0 Å². The van der Waals surface area contributed by atoms with Crippen molar-refractivity contribution in [1.82, 2.24) is 15.1 Å². The van der Waals surface area contributed by atoms with Crippen molar-refractivity contribution < 1.29 is 10.0 Å². The molecular formula is C14H26N4O3. The molecule has 0 saturated heterocycles. The van der Waals surface area contributed by atoms with Crippen molar-refractivity contribution in [3.8, 4) is 0 Å². The number of hydrogen-bond donors (Lipinski definition) is 2. The van der Waals surface area contributed by atoms with E-state index in [1.165, 1.54) is 29.9 Å². The number of nitrogens with one attached hydrogen (secondary N) is 1. The van der Waals surface area contributed by atoms with Crippen LogP contribution in [0, 0.1) is 16.0 Å². The average molecular weight is 298 g/mol. The highest BCUT2D eigenvalue weighted by molar-refractivity contribution is 5.20. The molecule has 1 aromatic heterocycles. The molecule has 0 radical (unpaired) electrons. The molecule has 0 saturated carbocycles. The molecule has 2 N–H and O–H groups in total. The Morgan fingerprint density at radius 2 is 2.14 bits per heavy atom. The van der Waals surface area contributed by atoms with Crippen LogP contribution in [0.5, 0.6) is 0 Å². The first kappa shape index (κ1) is 17.6. The fraction of sp³-hybridized carbons (Fsp3) is 0.786. The number of nitrogens with zero attached hydrogens (tertiary/aromatic N) is 3. The Morgan fingerprint density at radius 1 is 1.43 bits per heavy atom. The zero-order valence-corrected chi connectivity index (χ0v) is 13.0. The second-order valence-electron chi connectivity index (χ2n) is 5.97. The summed E-state index contributed by atoms with van der Waals surface area (Å²) in [4.78, 5) is 10.0. The van der Waals surface area contributed by atoms with E-state index in [-0.39, 0.29) is 12.2 Å². The Morgan fingerprint density at radius 3 is 2.71 bits per heavy atom. The minimum absolute atomic E-state index is 0.0581. The van der Waals surface area contributed by atoms with Crippen LogP contribution in [-0.4, -0.2) is 38.5 Å². The largest absolute Gasteiger partial charge is 0.390 e. The fourth-order valence-corrected chi connectivity index (χ4v) is 2.10. The highest BCUT2D eigenvalue weighted by Gasteiger charge is 2.12. The Balaban J connectivity index is 2.23. The first-order chi connectivity index (χ1) is 9.88. The molecule has 1 rings (SSSR count). The van der Waals surface area contributed by atoms with Gasteiger partial charge in [0.05, 0.1) is 17.6 Å². The van der Waals surface area contributed by atoms with Crippen LogP contribution < -0.4 is 5.32 Å². The highest BCUT2D eigenvalue weighted by atomic mass is 16.6. The molecule has 2 unspecified atom stereocenters. The monoisotopic (exact) mass is 298 g/mol. The van der Waals surface area contributed by atoms with E-state index >= 15 is 0 Å². The van der Waals surface area contributed by atoms with Crippen molar-refractivity contribution in [3.63, 3.8) is 0 Å². The lowest BCUT2D eigenvalue weighted by atomic mass is 10.0. The van der Waals surface area contributed by atoms with Gasteiger partial charge in [-0.25, -0.2) is 0 Å². The molecule has 0 aliphatic heterocycles. The number of rotatable bonds is 10. The van der Waals surface area contributed by atoms with Crippen LogP contribution in [0.3, 0.4) is 0 Å². The second kappa shape index (κ2) is 8.74. The highest BCUT2D eigenvalue weighted by Crippen LogP contribution is 2.09. The second-order valence-corrected chi connectivity index (χ2v) is 5.97. The Kier molecular flexibility index (Phi) is 7.31. The fourth-order valence-electron chi connectivity index (χ4n) is 2.10. The van der Waals surface area contributed by atoms with Crippen molar-refractivity contribution in [3.05, 3.63) is 22.5 Å². The summed E-state index contributed by atoms with van der Waals surface area (Å²) in [6.45, 7) is 7.23. The molecule has 2 atom stereocenters. The molecule has 0 amide bonds. The van der Waals surface area contributed by atoms with Crippen LogP contribution in [0.1, 0.15) is 40.0 Å². The van der Waals surface area contributed by atoms with Gasteiger partial charge < -0.3 is 10.4 Å². The van der Waals surface area contributed by atoms with Crippen LogP contribution in [0.2, 0.25) is 0 Å². The third-order valence-corrected chi connectivity index (χ3v) is 3.35. The molecule has 0 aromatic carbocycles. The van der Waals surface area contributed by atoms with Gasteiger partial charge >= 0.3 is 5.69 Å². The number of aromatic nitrogens is 2. The number of hydrogen-bond acceptors (Lipinski definition) is 5. The molecule has 7 heteroatoms. The van der Waals surface area contributed by atoms with Gasteiger partial charge in [0.15, 0.2) is 0 Å². The number of aliphatic hydroxyl groups is 1. The third kappa shape index (κ3) is 7.19. The van der Waals surface area contributed by atoms with Crippen molar-refractivity contribution in [2.75, 3.05) is 6.54 Å². The van der Waals surface area contributed by atoms with Gasteiger partial charge in [-0.2, -0.15) is 5.10 Å². The summed E-state index contributed by atoms with van der Waals surface area (Å²) in [6, 6.07) is 0.352. The van der Waals surface area contributed by atoms with Crippen molar-refractivity contribution >= 4 is 5.69 Å². The van der Waals surface area contributed by atoms with Crippen LogP contribution in [0.15, 0.2) is 12.4 Å². The first-order valence-corrected chi connectivity index (χ1v) is 7.46. The van der Waals surface area contributed by atoms with E-state index in [0.717, 1.165) is 12.3 Å². The Labute approximate surface area is 125 Å². The van der Waals surface area contributed by atoms with E-state index in [4.69, 9.17) is 0 Å². The third-order valence-electron chi connectivity index (χ3n) is 3.35. The van der Waals surface area contributed by atoms with E-state index in [1.807, 2.05) is 0 Å². The van der Waals surface area contributed by atoms with E-state index < -0.39 is 11.0 Å². The maximum absolute atomic E-state index is 10.5. The lowest BCUT2D eigenvalue weighted by molar-refractivity contribution is -0.385. The van der Waals surface area contributed by atoms with Crippen molar-refractivity contribution in [2.45, 2.75) is 58.7 Å². The molecule has 0 bridgehead atoms. The summed E-state index contributed by atoms with van der Waals surface area (Å²) < 4.78 is 1.40. The van der Waals surface area contributed by atoms with Gasteiger partial charge in [0.2, 0.25) is 0 Å². The summed E-state index contributed by atoms with van der Waals surface area (Å²) in [5.74, 6) is 0.721. The molecule has 7 nitrogen and oxygen atoms in total. The van der Waals surface area contributed by atoms with Gasteiger partial charge in [-0.1, -0.05) is 26.7 Å². The molecular weight excluding hydrogens is 272 g/mol. The molecule has 1 heterocycles. The van der Waals surface area contributed by atoms with Gasteiger partial charge in [0.1, 0.15) is 12.4 Å². The number of nitro groups is 1. The van der Waals surface area contributed by atoms with Crippen LogP contribution >= 0.6 is 0 Å². The van der Waals surface area contributed by atoms with E-state index in [1.54, 1.807) is 0 Å². The molecule has 0 fully saturated rings. The standard InChI is InChI=1S/C14H26N4O3/c1-11(2)5-4-6-12(3)15-8-14(19)10-17-9-13(7-16-17)18(20)21/h7,9,11-12,14-15,19H,4-6,8,10H2,1-3H3. The summed E-state index contributed by atoms with van der Waals surface area (Å²) in [7, 11) is 0. The summed E-state index contributed by atoms with van der Waals surface area (Å²) in [5, 5.41) is 27.6. The summed E-state index contributed by atoms with van der Waals surface area (Å²) >= 11 is 0. The number of aliphatic hydroxyl groups excluding tert-OH is 1. The summed E-state index contributed by atoms with van der Waals surface area (Å²) in [5.41, 5.74) is -0.0581. The van der Waals surface area contributed by atoms with Gasteiger partial charge in [0, 0.05) is 12.6 Å².